The highest BCUT2D eigenvalue weighted by atomic mass is 16.3. The van der Waals surface area contributed by atoms with Crippen LogP contribution in [0.2, 0.25) is 0 Å². The average Bonchev–Trinajstić information content (AvgIpc) is 2.43. The van der Waals surface area contributed by atoms with Crippen molar-refractivity contribution in [1.82, 2.24) is 4.90 Å². The van der Waals surface area contributed by atoms with Crippen LogP contribution in [0, 0.1) is 0 Å². The predicted molar refractivity (Wildman–Crippen MR) is 42.6 cm³/mol. The summed E-state index contributed by atoms with van der Waals surface area (Å²) in [5, 5.41) is 27.8. The molecule has 3 N–H and O–H groups in total. The highest BCUT2D eigenvalue weighted by Gasteiger charge is 2.45. The van der Waals surface area contributed by atoms with Crippen LogP contribution in [0.4, 0.5) is 0 Å². The molecule has 12 heavy (non-hydrogen) atoms. The first-order valence-electron chi connectivity index (χ1n) is 4.45. The van der Waals surface area contributed by atoms with E-state index in [4.69, 9.17) is 5.11 Å². The molecule has 4 heteroatoms. The standard InChI is InChI=1S/C8H15NO3/c10-4-7-8(12)2-5-1-6(11)3-9(5)7/h5-8,10-12H,1-4H2/t5?,6-,7?,8+/m1/s1. The van der Waals surface area contributed by atoms with Crippen LogP contribution in [0.3, 0.4) is 0 Å². The molecule has 0 aromatic carbocycles. The van der Waals surface area contributed by atoms with Gasteiger partial charge in [-0.2, -0.15) is 0 Å². The van der Waals surface area contributed by atoms with Gasteiger partial charge < -0.3 is 15.3 Å². The zero-order chi connectivity index (χ0) is 8.72. The van der Waals surface area contributed by atoms with Gasteiger partial charge in [-0.1, -0.05) is 0 Å². The zero-order valence-electron chi connectivity index (χ0n) is 6.93. The fourth-order valence-corrected chi connectivity index (χ4v) is 2.44. The summed E-state index contributed by atoms with van der Waals surface area (Å²) in [7, 11) is 0. The Labute approximate surface area is 71.4 Å². The molecule has 2 fully saturated rings. The fraction of sp³-hybridized carbons (Fsp3) is 1.00. The third kappa shape index (κ3) is 1.15. The summed E-state index contributed by atoms with van der Waals surface area (Å²) in [6.07, 6.45) is 0.764. The Bertz CT molecular complexity index is 176. The molecule has 0 aromatic heterocycles. The summed E-state index contributed by atoms with van der Waals surface area (Å²) < 4.78 is 0. The molecule has 0 amide bonds. The highest BCUT2D eigenvalue weighted by Crippen LogP contribution is 2.32. The highest BCUT2D eigenvalue weighted by molar-refractivity contribution is 4.99. The first-order valence-corrected chi connectivity index (χ1v) is 4.45. The van der Waals surface area contributed by atoms with E-state index in [1.165, 1.54) is 0 Å². The molecule has 0 saturated carbocycles. The molecule has 70 valence electrons. The van der Waals surface area contributed by atoms with Crippen molar-refractivity contribution >= 4 is 0 Å². The average molecular weight is 173 g/mol. The lowest BCUT2D eigenvalue weighted by atomic mass is 10.1. The van der Waals surface area contributed by atoms with E-state index in [1.807, 2.05) is 4.90 Å². The second kappa shape index (κ2) is 2.96. The fourth-order valence-electron chi connectivity index (χ4n) is 2.44. The van der Waals surface area contributed by atoms with E-state index in [-0.39, 0.29) is 24.8 Å². The zero-order valence-corrected chi connectivity index (χ0v) is 6.93. The van der Waals surface area contributed by atoms with E-state index >= 15 is 0 Å². The monoisotopic (exact) mass is 173 g/mol. The molecular weight excluding hydrogens is 158 g/mol. The summed E-state index contributed by atoms with van der Waals surface area (Å²) in [5.74, 6) is 0. The van der Waals surface area contributed by atoms with Gasteiger partial charge in [0.1, 0.15) is 0 Å². The number of aliphatic hydroxyl groups excluding tert-OH is 3. The molecule has 4 atom stereocenters. The molecule has 2 saturated heterocycles. The Balaban J connectivity index is 2.06. The Kier molecular flexibility index (Phi) is 2.08. The van der Waals surface area contributed by atoms with E-state index in [9.17, 15) is 10.2 Å². The smallest absolute Gasteiger partial charge is 0.0732 e. The Morgan fingerprint density at radius 1 is 1.25 bits per heavy atom. The Hall–Kier alpha value is -0.160. The van der Waals surface area contributed by atoms with Gasteiger partial charge in [-0.15, -0.1) is 0 Å². The maximum absolute atomic E-state index is 9.50. The normalized spacial score (nSPS) is 48.2. The van der Waals surface area contributed by atoms with Crippen LogP contribution in [0.5, 0.6) is 0 Å². The van der Waals surface area contributed by atoms with Crippen molar-refractivity contribution in [2.24, 2.45) is 0 Å². The SMILES string of the molecule is OCC1[C@@H](O)CC2C[C@@H](O)CN21. The first-order chi connectivity index (χ1) is 5.72. The number of aliphatic hydroxyl groups is 3. The lowest BCUT2D eigenvalue weighted by Crippen LogP contribution is -2.39. The molecule has 2 heterocycles. The second-order valence-electron chi connectivity index (χ2n) is 3.79. The Morgan fingerprint density at radius 2 is 2.00 bits per heavy atom. The van der Waals surface area contributed by atoms with E-state index < -0.39 is 6.10 Å². The molecular formula is C8H15NO3. The van der Waals surface area contributed by atoms with Crippen LogP contribution < -0.4 is 0 Å². The van der Waals surface area contributed by atoms with Gasteiger partial charge in [-0.3, -0.25) is 4.90 Å². The second-order valence-corrected chi connectivity index (χ2v) is 3.79. The van der Waals surface area contributed by atoms with E-state index in [0.717, 1.165) is 6.42 Å². The molecule has 2 aliphatic rings. The molecule has 0 aromatic rings. The van der Waals surface area contributed by atoms with E-state index in [1.54, 1.807) is 0 Å². The van der Waals surface area contributed by atoms with Gasteiger partial charge in [-0.05, 0) is 12.8 Å². The quantitative estimate of drug-likeness (QED) is 0.454. The van der Waals surface area contributed by atoms with Gasteiger partial charge in [0.05, 0.1) is 24.9 Å². The van der Waals surface area contributed by atoms with Crippen molar-refractivity contribution in [3.05, 3.63) is 0 Å². The molecule has 0 aliphatic carbocycles. The minimum absolute atomic E-state index is 0.00954. The van der Waals surface area contributed by atoms with Crippen molar-refractivity contribution in [2.45, 2.75) is 37.1 Å². The minimum Gasteiger partial charge on any atom is -0.395 e. The molecule has 2 unspecified atom stereocenters. The summed E-state index contributed by atoms with van der Waals surface area (Å²) in [4.78, 5) is 2.02. The summed E-state index contributed by atoms with van der Waals surface area (Å²) in [5.41, 5.74) is 0. The number of hydrogen-bond acceptors (Lipinski definition) is 4. The lowest BCUT2D eigenvalue weighted by Gasteiger charge is -2.22. The van der Waals surface area contributed by atoms with Crippen LogP contribution in [-0.4, -0.2) is 57.7 Å². The summed E-state index contributed by atoms with van der Waals surface area (Å²) in [6, 6.07) is 0.138. The third-order valence-corrected chi connectivity index (χ3v) is 3.01. The number of nitrogens with zero attached hydrogens (tertiary/aromatic N) is 1. The maximum Gasteiger partial charge on any atom is 0.0732 e. The van der Waals surface area contributed by atoms with Gasteiger partial charge in [0.2, 0.25) is 0 Å². The molecule has 0 radical (unpaired) electrons. The topological polar surface area (TPSA) is 63.9 Å². The minimum atomic E-state index is -0.410. The van der Waals surface area contributed by atoms with Crippen molar-refractivity contribution in [2.75, 3.05) is 13.2 Å². The van der Waals surface area contributed by atoms with Gasteiger partial charge in [0, 0.05) is 12.6 Å². The van der Waals surface area contributed by atoms with Crippen LogP contribution >= 0.6 is 0 Å². The molecule has 0 spiro atoms. The van der Waals surface area contributed by atoms with Crippen LogP contribution in [0.15, 0.2) is 0 Å². The maximum atomic E-state index is 9.50. The molecule has 0 bridgehead atoms. The molecule has 2 rings (SSSR count). The van der Waals surface area contributed by atoms with Gasteiger partial charge >= 0.3 is 0 Å². The lowest BCUT2D eigenvalue weighted by molar-refractivity contribution is 0.0613. The number of hydrogen-bond donors (Lipinski definition) is 3. The van der Waals surface area contributed by atoms with Crippen molar-refractivity contribution in [3.8, 4) is 0 Å². The first kappa shape index (κ1) is 8.44. The number of rotatable bonds is 1. The number of fused-ring (bicyclic) bond motifs is 1. The van der Waals surface area contributed by atoms with Crippen LogP contribution in [-0.2, 0) is 0 Å². The van der Waals surface area contributed by atoms with Crippen molar-refractivity contribution < 1.29 is 15.3 Å². The predicted octanol–water partition coefficient (Wildman–Crippen LogP) is -1.45. The van der Waals surface area contributed by atoms with Gasteiger partial charge in [0.25, 0.3) is 0 Å². The van der Waals surface area contributed by atoms with Gasteiger partial charge in [0.15, 0.2) is 0 Å². The van der Waals surface area contributed by atoms with Gasteiger partial charge in [-0.25, -0.2) is 0 Å². The summed E-state index contributed by atoms with van der Waals surface area (Å²) in [6.45, 7) is 0.595. The molecule has 4 nitrogen and oxygen atoms in total. The van der Waals surface area contributed by atoms with E-state index in [0.29, 0.717) is 13.0 Å². The van der Waals surface area contributed by atoms with Crippen molar-refractivity contribution in [3.63, 3.8) is 0 Å². The third-order valence-electron chi connectivity index (χ3n) is 3.01. The van der Waals surface area contributed by atoms with E-state index in [2.05, 4.69) is 0 Å². The molecule has 2 aliphatic heterocycles. The van der Waals surface area contributed by atoms with Crippen LogP contribution in [0.1, 0.15) is 12.8 Å². The van der Waals surface area contributed by atoms with Crippen LogP contribution in [0.25, 0.3) is 0 Å². The van der Waals surface area contributed by atoms with Crippen molar-refractivity contribution in [1.29, 1.82) is 0 Å². The Morgan fingerprint density at radius 3 is 2.67 bits per heavy atom. The largest absolute Gasteiger partial charge is 0.395 e. The summed E-state index contributed by atoms with van der Waals surface area (Å²) >= 11 is 0.